The van der Waals surface area contributed by atoms with Crippen molar-refractivity contribution in [1.29, 1.82) is 0 Å². The Labute approximate surface area is 203 Å². The first kappa shape index (κ1) is 23.2. The monoisotopic (exact) mass is 480 g/mol. The highest BCUT2D eigenvalue weighted by atomic mass is 32.1. The van der Waals surface area contributed by atoms with Gasteiger partial charge in [0, 0.05) is 37.5 Å². The lowest BCUT2D eigenvalue weighted by atomic mass is 9.97. The van der Waals surface area contributed by atoms with Gasteiger partial charge in [0.2, 0.25) is 5.91 Å². The summed E-state index contributed by atoms with van der Waals surface area (Å²) in [5.74, 6) is -0.0507. The predicted octanol–water partition coefficient (Wildman–Crippen LogP) is 3.23. The zero-order chi connectivity index (χ0) is 23.5. The van der Waals surface area contributed by atoms with Gasteiger partial charge in [-0.05, 0) is 43.7 Å². The Bertz CT molecular complexity index is 1230. The standard InChI is InChI=1S/C26H32N4O3S/c1-18-5-4-6-19(15-18)21(29-11-13-33-14-12-29)16-27-23(31)9-10-30-17-28-25-24(26(30)32)20-7-2-3-8-22(20)34-25/h4-6,15,17,21H,2-3,7-14,16H2,1H3,(H,27,31). The minimum Gasteiger partial charge on any atom is -0.379 e. The maximum absolute atomic E-state index is 13.1. The highest BCUT2D eigenvalue weighted by Gasteiger charge is 2.24. The third-order valence-corrected chi connectivity index (χ3v) is 8.13. The number of benzene rings is 1. The van der Waals surface area contributed by atoms with Crippen LogP contribution >= 0.6 is 11.3 Å². The molecule has 0 spiro atoms. The molecule has 180 valence electrons. The molecule has 3 heterocycles. The quantitative estimate of drug-likeness (QED) is 0.562. The smallest absolute Gasteiger partial charge is 0.262 e. The molecule has 1 aliphatic heterocycles. The van der Waals surface area contributed by atoms with Gasteiger partial charge in [-0.2, -0.15) is 0 Å². The molecule has 7 nitrogen and oxygen atoms in total. The van der Waals surface area contributed by atoms with Crippen LogP contribution in [0.4, 0.5) is 0 Å². The summed E-state index contributed by atoms with van der Waals surface area (Å²) in [4.78, 5) is 35.0. The zero-order valence-electron chi connectivity index (χ0n) is 19.7. The van der Waals surface area contributed by atoms with Gasteiger partial charge in [0.05, 0.1) is 31.0 Å². The molecule has 2 aromatic heterocycles. The summed E-state index contributed by atoms with van der Waals surface area (Å²) >= 11 is 1.65. The molecule has 1 amide bonds. The van der Waals surface area contributed by atoms with Gasteiger partial charge >= 0.3 is 0 Å². The van der Waals surface area contributed by atoms with Crippen LogP contribution in [0.25, 0.3) is 10.2 Å². The number of morpholine rings is 1. The molecule has 0 bridgehead atoms. The van der Waals surface area contributed by atoms with E-state index in [1.165, 1.54) is 28.0 Å². The fourth-order valence-corrected chi connectivity index (χ4v) is 6.31. The number of aryl methyl sites for hydroxylation is 4. The van der Waals surface area contributed by atoms with Crippen LogP contribution in [0.2, 0.25) is 0 Å². The van der Waals surface area contributed by atoms with Crippen molar-refractivity contribution in [2.24, 2.45) is 0 Å². The van der Waals surface area contributed by atoms with E-state index in [-0.39, 0.29) is 23.9 Å². The summed E-state index contributed by atoms with van der Waals surface area (Å²) in [7, 11) is 0. The number of thiophene rings is 1. The highest BCUT2D eigenvalue weighted by molar-refractivity contribution is 7.18. The van der Waals surface area contributed by atoms with Crippen molar-refractivity contribution < 1.29 is 9.53 Å². The van der Waals surface area contributed by atoms with E-state index in [0.29, 0.717) is 26.3 Å². The van der Waals surface area contributed by atoms with E-state index >= 15 is 0 Å². The molecule has 5 rings (SSSR count). The maximum Gasteiger partial charge on any atom is 0.262 e. The lowest BCUT2D eigenvalue weighted by Gasteiger charge is -2.35. The van der Waals surface area contributed by atoms with E-state index in [9.17, 15) is 9.59 Å². The molecule has 1 N–H and O–H groups in total. The third kappa shape index (κ3) is 4.94. The lowest BCUT2D eigenvalue weighted by Crippen LogP contribution is -2.44. The van der Waals surface area contributed by atoms with Crippen molar-refractivity contribution in [3.63, 3.8) is 0 Å². The second-order valence-corrected chi connectivity index (χ2v) is 10.4. The SMILES string of the molecule is Cc1cccc(C(CNC(=O)CCn2cnc3sc4c(c3c2=O)CCCC4)N2CCOCC2)c1. The molecule has 0 radical (unpaired) electrons. The average Bonchev–Trinajstić information content (AvgIpc) is 3.24. The molecular weight excluding hydrogens is 448 g/mol. The minimum atomic E-state index is -0.0507. The van der Waals surface area contributed by atoms with Gasteiger partial charge < -0.3 is 10.1 Å². The van der Waals surface area contributed by atoms with E-state index in [0.717, 1.165) is 42.6 Å². The Morgan fingerprint density at radius 2 is 2.06 bits per heavy atom. The first-order chi connectivity index (χ1) is 16.6. The van der Waals surface area contributed by atoms with Crippen molar-refractivity contribution in [3.05, 3.63) is 62.5 Å². The van der Waals surface area contributed by atoms with Crippen molar-refractivity contribution >= 4 is 27.5 Å². The van der Waals surface area contributed by atoms with Crippen LogP contribution in [0.1, 0.15) is 46.9 Å². The fourth-order valence-electron chi connectivity index (χ4n) is 5.09. The third-order valence-electron chi connectivity index (χ3n) is 6.93. The van der Waals surface area contributed by atoms with Gasteiger partial charge in [0.25, 0.3) is 5.56 Å². The topological polar surface area (TPSA) is 76.5 Å². The van der Waals surface area contributed by atoms with E-state index < -0.39 is 0 Å². The zero-order valence-corrected chi connectivity index (χ0v) is 20.5. The number of carbonyl (C=O) groups is 1. The van der Waals surface area contributed by atoms with Crippen molar-refractivity contribution in [3.8, 4) is 0 Å². The Morgan fingerprint density at radius 3 is 2.88 bits per heavy atom. The number of hydrogen-bond donors (Lipinski definition) is 1. The van der Waals surface area contributed by atoms with E-state index in [1.807, 2.05) is 0 Å². The predicted molar refractivity (Wildman–Crippen MR) is 134 cm³/mol. The Balaban J connectivity index is 1.25. The first-order valence-corrected chi connectivity index (χ1v) is 13.1. The number of rotatable bonds is 7. The van der Waals surface area contributed by atoms with Crippen molar-refractivity contribution in [2.45, 2.75) is 51.6 Å². The summed E-state index contributed by atoms with van der Waals surface area (Å²) in [5, 5.41) is 3.89. The van der Waals surface area contributed by atoms with Crippen LogP contribution < -0.4 is 10.9 Å². The number of amides is 1. The number of nitrogens with one attached hydrogen (secondary N) is 1. The molecular formula is C26H32N4O3S. The van der Waals surface area contributed by atoms with Crippen LogP contribution in [0, 0.1) is 6.92 Å². The molecule has 2 aliphatic rings. The van der Waals surface area contributed by atoms with Crippen LogP contribution in [0.3, 0.4) is 0 Å². The van der Waals surface area contributed by atoms with Crippen LogP contribution in [0.15, 0.2) is 35.4 Å². The fraction of sp³-hybridized carbons (Fsp3) is 0.500. The van der Waals surface area contributed by atoms with Gasteiger partial charge in [0.15, 0.2) is 0 Å². The molecule has 3 aromatic rings. The van der Waals surface area contributed by atoms with E-state index in [4.69, 9.17) is 4.74 Å². The molecule has 34 heavy (non-hydrogen) atoms. The number of hydrogen-bond acceptors (Lipinski definition) is 6. The van der Waals surface area contributed by atoms with E-state index in [2.05, 4.69) is 46.4 Å². The van der Waals surface area contributed by atoms with Gasteiger partial charge in [-0.1, -0.05) is 29.8 Å². The van der Waals surface area contributed by atoms with Crippen molar-refractivity contribution in [1.82, 2.24) is 19.8 Å². The number of aromatic nitrogens is 2. The summed E-state index contributed by atoms with van der Waals surface area (Å²) in [6.07, 6.45) is 6.16. The highest BCUT2D eigenvalue weighted by Crippen LogP contribution is 2.33. The molecule has 0 saturated carbocycles. The lowest BCUT2D eigenvalue weighted by molar-refractivity contribution is -0.121. The van der Waals surface area contributed by atoms with Crippen LogP contribution in [-0.4, -0.2) is 53.2 Å². The summed E-state index contributed by atoms with van der Waals surface area (Å²) in [6.45, 7) is 6.08. The molecule has 8 heteroatoms. The number of fused-ring (bicyclic) bond motifs is 3. The Morgan fingerprint density at radius 1 is 1.24 bits per heavy atom. The molecule has 1 aromatic carbocycles. The van der Waals surface area contributed by atoms with E-state index in [1.54, 1.807) is 22.2 Å². The maximum atomic E-state index is 13.1. The minimum absolute atomic E-state index is 0.0110. The van der Waals surface area contributed by atoms with Gasteiger partial charge in [-0.25, -0.2) is 4.98 Å². The van der Waals surface area contributed by atoms with Crippen LogP contribution in [0.5, 0.6) is 0 Å². The van der Waals surface area contributed by atoms with Crippen LogP contribution in [-0.2, 0) is 28.9 Å². The molecule has 1 aliphatic carbocycles. The second kappa shape index (κ2) is 10.4. The van der Waals surface area contributed by atoms with Crippen molar-refractivity contribution in [2.75, 3.05) is 32.8 Å². The Hall–Kier alpha value is -2.55. The molecule has 1 fully saturated rings. The largest absolute Gasteiger partial charge is 0.379 e. The molecule has 1 atom stereocenters. The summed E-state index contributed by atoms with van der Waals surface area (Å²) in [5.41, 5.74) is 3.59. The molecule has 1 unspecified atom stereocenters. The first-order valence-electron chi connectivity index (χ1n) is 12.2. The normalized spacial score (nSPS) is 17.4. The van der Waals surface area contributed by atoms with Gasteiger partial charge in [-0.15, -0.1) is 11.3 Å². The molecule has 1 saturated heterocycles. The van der Waals surface area contributed by atoms with Gasteiger partial charge in [-0.3, -0.25) is 19.1 Å². The van der Waals surface area contributed by atoms with Gasteiger partial charge in [0.1, 0.15) is 4.83 Å². The number of ether oxygens (including phenoxy) is 1. The number of nitrogens with zero attached hydrogens (tertiary/aromatic N) is 3. The number of carbonyl (C=O) groups excluding carboxylic acids is 1. The summed E-state index contributed by atoms with van der Waals surface area (Å²) in [6, 6.07) is 8.57. The summed E-state index contributed by atoms with van der Waals surface area (Å²) < 4.78 is 7.13. The second-order valence-electron chi connectivity index (χ2n) is 9.27. The average molecular weight is 481 g/mol. The Kier molecular flexibility index (Phi) is 7.08.